The number of amides is 4. The van der Waals surface area contributed by atoms with Gasteiger partial charge >= 0.3 is 0 Å². The van der Waals surface area contributed by atoms with Gasteiger partial charge in [-0.25, -0.2) is 0 Å². The first kappa shape index (κ1) is 41.9. The summed E-state index contributed by atoms with van der Waals surface area (Å²) in [5.74, 6) is -1.05. The largest absolute Gasteiger partial charge is 0.277 e. The number of carbonyl (C=O) groups is 4. The number of hydrogen-bond donors (Lipinski definition) is 0. The fraction of sp³-hybridized carbons (Fsp3) is 0.0857. The van der Waals surface area contributed by atoms with Crippen molar-refractivity contribution in [2.45, 2.75) is 27.7 Å². The van der Waals surface area contributed by atoms with Crippen molar-refractivity contribution in [2.24, 2.45) is 0 Å². The molecule has 2 heterocycles. The third-order valence-electron chi connectivity index (χ3n) is 18.0. The standard InChI is InChI=1S/C66H30N2O4.2C2H6/c1-67-63(69)47-23-19-43-39-15-11-35-31-7-3-27-29-5-9-33-37-13-17-41-45-21-25-49-62-50(66(72)68(2)65(49)71)26-22-46(60(45)62)42-18-14-38(56(37)58(41)42)34-10-6-30(52(29)54(33)34)28-4-8-32(53(31)51(27)28)36-12-16-40(57(39)55(35)36)44-20-24-48(64(67)70)61(47)59(43)44;2*1-2/h3-26H,1-2H3;2*1-2H3. The molecule has 0 N–H and O–H groups in total. The first-order valence-corrected chi connectivity index (χ1v) is 26.5. The molecule has 17 aromatic carbocycles. The van der Waals surface area contributed by atoms with E-state index in [-0.39, 0.29) is 23.6 Å². The minimum Gasteiger partial charge on any atom is -0.277 e. The predicted molar refractivity (Wildman–Crippen MR) is 318 cm³/mol. The SMILES string of the molecule is CC.CC.CN1C(=O)c2ccc3c4ccc5c6ccc7c8ccc9c%10ccc%11c%12ccc%13c%14c(ccc(c%15ccc(c%16ccc(c%17ccc(c%18ccc(c%19ccc(c2c3%19)C1=O)c4c5%18)c6c7%17)c8c9%16)c%10c%11%15)c%14%12)C(=O)N(C)C%13=O. The third-order valence-corrected chi connectivity index (χ3v) is 18.0. The molecule has 4 amide bonds. The average Bonchev–Trinajstić information content (AvgIpc) is 3.49. The van der Waals surface area contributed by atoms with Crippen LogP contribution in [-0.4, -0.2) is 47.5 Å². The van der Waals surface area contributed by atoms with Crippen LogP contribution in [-0.2, 0) is 0 Å². The lowest BCUT2D eigenvalue weighted by molar-refractivity contribution is 0.0635. The topological polar surface area (TPSA) is 74.8 Å². The highest BCUT2D eigenvalue weighted by molar-refractivity contribution is 6.50. The van der Waals surface area contributed by atoms with E-state index in [4.69, 9.17) is 0 Å². The van der Waals surface area contributed by atoms with Gasteiger partial charge < -0.3 is 0 Å². The van der Waals surface area contributed by atoms with E-state index in [0.717, 1.165) is 64.6 Å². The summed E-state index contributed by atoms with van der Waals surface area (Å²) in [4.78, 5) is 56.3. The van der Waals surface area contributed by atoms with Gasteiger partial charge in [0.2, 0.25) is 0 Å². The highest BCUT2D eigenvalue weighted by Crippen LogP contribution is 2.54. The molecule has 0 spiro atoms. The Labute approximate surface area is 432 Å². The van der Waals surface area contributed by atoms with E-state index >= 15 is 0 Å². The first-order chi connectivity index (χ1) is 37.3. The zero-order valence-electron chi connectivity index (χ0n) is 42.4. The first-order valence-electron chi connectivity index (χ1n) is 26.5. The molecule has 6 heteroatoms. The maximum Gasteiger partial charge on any atom is 0.261 e. The van der Waals surface area contributed by atoms with Crippen molar-refractivity contribution >= 4 is 196 Å². The van der Waals surface area contributed by atoms with Crippen LogP contribution in [0.3, 0.4) is 0 Å². The second-order valence-electron chi connectivity index (χ2n) is 20.8. The number of fused-ring (bicyclic) bond motifs is 10. The number of hydrogen-bond acceptors (Lipinski definition) is 4. The fourth-order valence-corrected chi connectivity index (χ4v) is 15.1. The second-order valence-corrected chi connectivity index (χ2v) is 20.8. The molecule has 0 atom stereocenters. The number of nitrogens with zero attached hydrogens (tertiary/aromatic N) is 2. The van der Waals surface area contributed by atoms with Crippen LogP contribution in [0, 0.1) is 0 Å². The molecule has 2 aliphatic rings. The molecule has 0 saturated heterocycles. The van der Waals surface area contributed by atoms with Crippen molar-refractivity contribution < 1.29 is 19.2 Å². The lowest BCUT2D eigenvalue weighted by Crippen LogP contribution is -2.36. The van der Waals surface area contributed by atoms with Crippen LogP contribution < -0.4 is 0 Å². The maximum absolute atomic E-state index is 13.5. The van der Waals surface area contributed by atoms with Gasteiger partial charge in [0, 0.05) is 47.1 Å². The molecule has 0 aliphatic carbocycles. The van der Waals surface area contributed by atoms with Crippen molar-refractivity contribution in [3.05, 3.63) is 168 Å². The Balaban J connectivity index is 0.00000115. The Morgan fingerprint density at radius 2 is 0.289 bits per heavy atom. The third kappa shape index (κ3) is 4.42. The van der Waals surface area contributed by atoms with E-state index in [0.29, 0.717) is 22.3 Å². The van der Waals surface area contributed by atoms with E-state index in [1.807, 2.05) is 52.0 Å². The van der Waals surface area contributed by atoms with E-state index in [1.165, 1.54) is 118 Å². The van der Waals surface area contributed by atoms with E-state index in [2.05, 4.69) is 121 Å². The summed E-state index contributed by atoms with van der Waals surface area (Å²) < 4.78 is 0. The minimum absolute atomic E-state index is 0.262. The van der Waals surface area contributed by atoms with Gasteiger partial charge in [-0.1, -0.05) is 149 Å². The van der Waals surface area contributed by atoms with E-state index in [9.17, 15) is 19.2 Å². The minimum atomic E-state index is -0.262. The molecule has 19 rings (SSSR count). The summed E-state index contributed by atoms with van der Waals surface area (Å²) >= 11 is 0. The van der Waals surface area contributed by atoms with Crippen molar-refractivity contribution in [3.8, 4) is 0 Å². The molecular formula is C70H42N2O4. The number of carbonyl (C=O) groups excluding carboxylic acids is 4. The molecule has 356 valence electrons. The number of imide groups is 2. The summed E-state index contributed by atoms with van der Waals surface area (Å²) in [6.07, 6.45) is 0. The van der Waals surface area contributed by atoms with Gasteiger partial charge in [-0.2, -0.15) is 0 Å². The van der Waals surface area contributed by atoms with Crippen molar-refractivity contribution in [2.75, 3.05) is 14.1 Å². The monoisotopic (exact) mass is 974 g/mol. The Hall–Kier alpha value is -9.52. The molecule has 17 aromatic rings. The molecule has 0 unspecified atom stereocenters. The lowest BCUT2D eigenvalue weighted by Gasteiger charge is -2.26. The zero-order chi connectivity index (χ0) is 51.2. The van der Waals surface area contributed by atoms with Crippen LogP contribution in [0.5, 0.6) is 0 Å². The summed E-state index contributed by atoms with van der Waals surface area (Å²) in [5.41, 5.74) is 2.30. The highest BCUT2D eigenvalue weighted by Gasteiger charge is 2.34. The van der Waals surface area contributed by atoms with Crippen LogP contribution in [0.25, 0.3) is 172 Å². The van der Waals surface area contributed by atoms with E-state index in [1.54, 1.807) is 14.1 Å². The van der Waals surface area contributed by atoms with Gasteiger partial charge in [0.25, 0.3) is 23.6 Å². The van der Waals surface area contributed by atoms with Crippen molar-refractivity contribution in [1.82, 2.24) is 9.80 Å². The molecule has 0 saturated carbocycles. The van der Waals surface area contributed by atoms with Crippen LogP contribution in [0.4, 0.5) is 0 Å². The quantitative estimate of drug-likeness (QED) is 0.0862. The molecule has 0 radical (unpaired) electrons. The molecule has 0 fully saturated rings. The maximum atomic E-state index is 13.5. The molecule has 6 nitrogen and oxygen atoms in total. The summed E-state index contributed by atoms with van der Waals surface area (Å²) in [6.45, 7) is 8.00. The van der Waals surface area contributed by atoms with Crippen LogP contribution in [0.2, 0.25) is 0 Å². The molecule has 0 aromatic heterocycles. The average molecular weight is 975 g/mol. The Morgan fingerprint density at radius 3 is 0.421 bits per heavy atom. The van der Waals surface area contributed by atoms with Crippen molar-refractivity contribution in [1.29, 1.82) is 0 Å². The molecule has 0 bridgehead atoms. The normalized spacial score (nSPS) is 14.2. The Kier molecular flexibility index (Phi) is 7.61. The number of benzene rings is 17. The lowest BCUT2D eigenvalue weighted by atomic mass is 9.79. The highest BCUT2D eigenvalue weighted by atomic mass is 16.2. The van der Waals surface area contributed by atoms with Gasteiger partial charge in [-0.05, 0) is 186 Å². The predicted octanol–water partition coefficient (Wildman–Crippen LogP) is 17.8. The van der Waals surface area contributed by atoms with Gasteiger partial charge in [0.15, 0.2) is 0 Å². The van der Waals surface area contributed by atoms with Gasteiger partial charge in [-0.3, -0.25) is 29.0 Å². The van der Waals surface area contributed by atoms with E-state index < -0.39 is 0 Å². The van der Waals surface area contributed by atoms with Crippen LogP contribution >= 0.6 is 0 Å². The van der Waals surface area contributed by atoms with Crippen LogP contribution in [0.15, 0.2) is 146 Å². The smallest absolute Gasteiger partial charge is 0.261 e. The molecule has 76 heavy (non-hydrogen) atoms. The summed E-state index contributed by atoms with van der Waals surface area (Å²) in [7, 11) is 3.13. The summed E-state index contributed by atoms with van der Waals surface area (Å²) in [5, 5.41) is 37.0. The second kappa shape index (κ2) is 13.8. The van der Waals surface area contributed by atoms with Gasteiger partial charge in [-0.15, -0.1) is 0 Å². The van der Waals surface area contributed by atoms with Crippen LogP contribution in [0.1, 0.15) is 69.1 Å². The zero-order valence-corrected chi connectivity index (χ0v) is 42.4. The molecular weight excluding hydrogens is 933 g/mol. The fourth-order valence-electron chi connectivity index (χ4n) is 15.1. The number of rotatable bonds is 0. The van der Waals surface area contributed by atoms with Crippen molar-refractivity contribution in [3.63, 3.8) is 0 Å². The van der Waals surface area contributed by atoms with Gasteiger partial charge in [0.1, 0.15) is 0 Å². The van der Waals surface area contributed by atoms with Gasteiger partial charge in [0.05, 0.1) is 0 Å². The Morgan fingerprint density at radius 1 is 0.184 bits per heavy atom. The Bertz CT molecular complexity index is 4970. The molecule has 2 aliphatic heterocycles. The summed E-state index contributed by atoms with van der Waals surface area (Å²) in [6, 6.07) is 53.0.